The zero-order valence-corrected chi connectivity index (χ0v) is 13.7. The van der Waals surface area contributed by atoms with Crippen LogP contribution >= 0.6 is 0 Å². The van der Waals surface area contributed by atoms with Gasteiger partial charge in [0.2, 0.25) is 0 Å². The largest absolute Gasteiger partial charge is 0.489 e. The minimum absolute atomic E-state index is 0.142. The molecule has 5 heteroatoms. The molecule has 5 nitrogen and oxygen atoms in total. The van der Waals surface area contributed by atoms with Gasteiger partial charge in [-0.25, -0.2) is 0 Å². The number of rotatable bonds is 6. The Labute approximate surface area is 141 Å². The molecule has 2 rings (SSSR count). The summed E-state index contributed by atoms with van der Waals surface area (Å²) in [7, 11) is 0. The fraction of sp³-hybridized carbons (Fsp3) is 0.263. The van der Waals surface area contributed by atoms with E-state index in [4.69, 9.17) is 10.00 Å². The SMILES string of the molecule is CC(C)(CO)NC(=O)c1cccc(COc2cccc(C#N)c2)c1. The molecule has 0 fully saturated rings. The first kappa shape index (κ1) is 17.5. The molecule has 24 heavy (non-hydrogen) atoms. The third-order valence-corrected chi connectivity index (χ3v) is 3.41. The number of nitriles is 1. The maximum absolute atomic E-state index is 12.2. The Morgan fingerprint density at radius 1 is 1.25 bits per heavy atom. The zero-order valence-electron chi connectivity index (χ0n) is 13.7. The van der Waals surface area contributed by atoms with E-state index in [1.165, 1.54) is 0 Å². The summed E-state index contributed by atoms with van der Waals surface area (Å²) in [6.45, 7) is 3.65. The van der Waals surface area contributed by atoms with Crippen LogP contribution in [0.3, 0.4) is 0 Å². The van der Waals surface area contributed by atoms with Crippen LogP contribution in [0.15, 0.2) is 48.5 Å². The lowest BCUT2D eigenvalue weighted by Gasteiger charge is -2.23. The van der Waals surface area contributed by atoms with Gasteiger partial charge in [0.15, 0.2) is 0 Å². The van der Waals surface area contributed by atoms with Crippen molar-refractivity contribution < 1.29 is 14.6 Å². The smallest absolute Gasteiger partial charge is 0.251 e. The van der Waals surface area contributed by atoms with Crippen LogP contribution in [0.25, 0.3) is 0 Å². The predicted octanol–water partition coefficient (Wildman–Crippen LogP) is 2.64. The number of ether oxygens (including phenoxy) is 1. The fourth-order valence-corrected chi connectivity index (χ4v) is 2.04. The van der Waals surface area contributed by atoms with Crippen LogP contribution in [-0.4, -0.2) is 23.2 Å². The van der Waals surface area contributed by atoms with E-state index >= 15 is 0 Å². The lowest BCUT2D eigenvalue weighted by Crippen LogP contribution is -2.46. The Hall–Kier alpha value is -2.84. The zero-order chi connectivity index (χ0) is 17.6. The van der Waals surface area contributed by atoms with E-state index < -0.39 is 5.54 Å². The molecule has 1 amide bonds. The topological polar surface area (TPSA) is 82.3 Å². The molecule has 0 bridgehead atoms. The number of amides is 1. The second-order valence-corrected chi connectivity index (χ2v) is 6.12. The Morgan fingerprint density at radius 3 is 2.71 bits per heavy atom. The summed E-state index contributed by atoms with van der Waals surface area (Å²) < 4.78 is 5.67. The monoisotopic (exact) mass is 324 g/mol. The van der Waals surface area contributed by atoms with Gasteiger partial charge in [0.25, 0.3) is 5.91 Å². The highest BCUT2D eigenvalue weighted by Gasteiger charge is 2.20. The van der Waals surface area contributed by atoms with Crippen molar-refractivity contribution in [3.05, 3.63) is 65.2 Å². The van der Waals surface area contributed by atoms with Crippen molar-refractivity contribution in [2.45, 2.75) is 26.0 Å². The van der Waals surface area contributed by atoms with Gasteiger partial charge >= 0.3 is 0 Å². The van der Waals surface area contributed by atoms with Gasteiger partial charge in [0, 0.05) is 5.56 Å². The van der Waals surface area contributed by atoms with Gasteiger partial charge in [-0.15, -0.1) is 0 Å². The first-order valence-electron chi connectivity index (χ1n) is 7.59. The quantitative estimate of drug-likeness (QED) is 0.856. The highest BCUT2D eigenvalue weighted by atomic mass is 16.5. The lowest BCUT2D eigenvalue weighted by atomic mass is 10.1. The van der Waals surface area contributed by atoms with Crippen molar-refractivity contribution in [3.63, 3.8) is 0 Å². The van der Waals surface area contributed by atoms with Crippen molar-refractivity contribution in [1.82, 2.24) is 5.32 Å². The molecule has 0 unspecified atom stereocenters. The molecule has 0 aromatic heterocycles. The Bertz CT molecular complexity index is 763. The first-order valence-corrected chi connectivity index (χ1v) is 7.59. The second kappa shape index (κ2) is 7.62. The molecule has 0 atom stereocenters. The fourth-order valence-electron chi connectivity index (χ4n) is 2.04. The van der Waals surface area contributed by atoms with Crippen molar-refractivity contribution in [2.24, 2.45) is 0 Å². The summed E-state index contributed by atoms with van der Waals surface area (Å²) in [5, 5.41) is 20.9. The molecule has 0 heterocycles. The summed E-state index contributed by atoms with van der Waals surface area (Å²) in [6.07, 6.45) is 0. The molecule has 0 saturated heterocycles. The first-order chi connectivity index (χ1) is 11.4. The summed E-state index contributed by atoms with van der Waals surface area (Å²) in [6, 6.07) is 16.1. The third kappa shape index (κ3) is 4.83. The van der Waals surface area contributed by atoms with Crippen molar-refractivity contribution in [2.75, 3.05) is 6.61 Å². The van der Waals surface area contributed by atoms with Crippen LogP contribution in [0.2, 0.25) is 0 Å². The van der Waals surface area contributed by atoms with Gasteiger partial charge in [0.05, 0.1) is 23.8 Å². The van der Waals surface area contributed by atoms with Gasteiger partial charge in [0.1, 0.15) is 12.4 Å². The van der Waals surface area contributed by atoms with Crippen molar-refractivity contribution >= 4 is 5.91 Å². The van der Waals surface area contributed by atoms with Crippen LogP contribution in [-0.2, 0) is 6.61 Å². The number of carbonyl (C=O) groups excluding carboxylic acids is 1. The molecular formula is C19H20N2O3. The number of nitrogens with one attached hydrogen (secondary N) is 1. The summed E-state index contributed by atoms with van der Waals surface area (Å²) in [4.78, 5) is 12.2. The molecule has 0 aliphatic heterocycles. The van der Waals surface area contributed by atoms with E-state index in [-0.39, 0.29) is 12.5 Å². The second-order valence-electron chi connectivity index (χ2n) is 6.12. The normalized spacial score (nSPS) is 10.8. The van der Waals surface area contributed by atoms with Gasteiger partial charge in [-0.3, -0.25) is 4.79 Å². The van der Waals surface area contributed by atoms with E-state index in [0.29, 0.717) is 23.5 Å². The predicted molar refractivity (Wildman–Crippen MR) is 90.6 cm³/mol. The lowest BCUT2D eigenvalue weighted by molar-refractivity contribution is 0.0869. The van der Waals surface area contributed by atoms with Gasteiger partial charge < -0.3 is 15.2 Å². The van der Waals surface area contributed by atoms with Crippen LogP contribution in [0, 0.1) is 11.3 Å². The third-order valence-electron chi connectivity index (χ3n) is 3.41. The molecule has 2 aromatic rings. The van der Waals surface area contributed by atoms with E-state index in [9.17, 15) is 9.90 Å². The standard InChI is InChI=1S/C19H20N2O3/c1-19(2,13-22)21-18(23)16-7-3-6-15(9-16)12-24-17-8-4-5-14(10-17)11-20/h3-10,22H,12-13H2,1-2H3,(H,21,23). The van der Waals surface area contributed by atoms with Crippen LogP contribution in [0.5, 0.6) is 5.75 Å². The number of aliphatic hydroxyl groups is 1. The number of hydrogen-bond donors (Lipinski definition) is 2. The average Bonchev–Trinajstić information content (AvgIpc) is 2.60. The van der Waals surface area contributed by atoms with Gasteiger partial charge in [-0.2, -0.15) is 5.26 Å². The van der Waals surface area contributed by atoms with E-state index in [2.05, 4.69) is 11.4 Å². The highest BCUT2D eigenvalue weighted by molar-refractivity contribution is 5.94. The van der Waals surface area contributed by atoms with Gasteiger partial charge in [-0.1, -0.05) is 18.2 Å². The minimum Gasteiger partial charge on any atom is -0.489 e. The molecule has 0 radical (unpaired) electrons. The number of benzene rings is 2. The van der Waals surface area contributed by atoms with Crippen LogP contribution in [0.4, 0.5) is 0 Å². The van der Waals surface area contributed by atoms with Crippen molar-refractivity contribution in [1.29, 1.82) is 5.26 Å². The summed E-state index contributed by atoms with van der Waals surface area (Å²) >= 11 is 0. The maximum Gasteiger partial charge on any atom is 0.251 e. The Balaban J connectivity index is 2.05. The molecule has 0 aliphatic carbocycles. The number of carbonyl (C=O) groups is 1. The molecule has 0 saturated carbocycles. The van der Waals surface area contributed by atoms with Crippen LogP contribution < -0.4 is 10.1 Å². The summed E-state index contributed by atoms with van der Waals surface area (Å²) in [5.41, 5.74) is 1.20. The number of aliphatic hydroxyl groups excluding tert-OH is 1. The minimum atomic E-state index is -0.679. The Morgan fingerprint density at radius 2 is 2.00 bits per heavy atom. The van der Waals surface area contributed by atoms with E-state index in [1.54, 1.807) is 56.3 Å². The van der Waals surface area contributed by atoms with E-state index in [0.717, 1.165) is 5.56 Å². The van der Waals surface area contributed by atoms with Gasteiger partial charge in [-0.05, 0) is 49.7 Å². The number of hydrogen-bond acceptors (Lipinski definition) is 4. The average molecular weight is 324 g/mol. The maximum atomic E-state index is 12.2. The Kier molecular flexibility index (Phi) is 5.56. The molecule has 2 aromatic carbocycles. The highest BCUT2D eigenvalue weighted by Crippen LogP contribution is 2.15. The number of nitrogens with zero attached hydrogens (tertiary/aromatic N) is 1. The summed E-state index contributed by atoms with van der Waals surface area (Å²) in [5.74, 6) is 0.354. The molecule has 0 spiro atoms. The van der Waals surface area contributed by atoms with E-state index in [1.807, 2.05) is 6.07 Å². The molecule has 0 aliphatic rings. The molecule has 124 valence electrons. The molecule has 2 N–H and O–H groups in total. The molecular weight excluding hydrogens is 304 g/mol. The van der Waals surface area contributed by atoms with Crippen LogP contribution in [0.1, 0.15) is 35.3 Å². The van der Waals surface area contributed by atoms with Crippen molar-refractivity contribution in [3.8, 4) is 11.8 Å².